The normalized spacial score (nSPS) is 19.5. The smallest absolute Gasteiger partial charge is 0.248 e. The van der Waals surface area contributed by atoms with Crippen LogP contribution in [0.1, 0.15) is 29.3 Å². The van der Waals surface area contributed by atoms with Crippen molar-refractivity contribution in [3.8, 4) is 0 Å². The average molecular weight is 261 g/mol. The number of benzene rings is 1. The lowest BCUT2D eigenvalue weighted by Gasteiger charge is -2.32. The molecule has 1 fully saturated rings. The van der Waals surface area contributed by atoms with Crippen LogP contribution >= 0.6 is 0 Å². The third-order valence-electron chi connectivity index (χ3n) is 3.40. The van der Waals surface area contributed by atoms with Gasteiger partial charge in [0.1, 0.15) is 0 Å². The molecule has 0 aromatic heterocycles. The summed E-state index contributed by atoms with van der Waals surface area (Å²) in [5.41, 5.74) is 6.69. The Morgan fingerprint density at radius 1 is 1.42 bits per heavy atom. The minimum absolute atomic E-state index is 0.0707. The number of carbonyl (C=O) groups excluding carboxylic acids is 2. The summed E-state index contributed by atoms with van der Waals surface area (Å²) in [7, 11) is 0. The number of hydrogen-bond acceptors (Lipinski definition) is 3. The van der Waals surface area contributed by atoms with E-state index in [1.54, 1.807) is 12.1 Å². The van der Waals surface area contributed by atoms with Crippen molar-refractivity contribution < 1.29 is 9.59 Å². The van der Waals surface area contributed by atoms with Crippen molar-refractivity contribution in [1.82, 2.24) is 10.2 Å². The number of amides is 2. The van der Waals surface area contributed by atoms with Gasteiger partial charge in [-0.3, -0.25) is 9.59 Å². The summed E-state index contributed by atoms with van der Waals surface area (Å²) in [6.07, 6.45) is 0.802. The van der Waals surface area contributed by atoms with Crippen LogP contribution in [0.3, 0.4) is 0 Å². The van der Waals surface area contributed by atoms with E-state index < -0.39 is 5.91 Å². The van der Waals surface area contributed by atoms with Crippen LogP contribution in [-0.4, -0.2) is 35.8 Å². The molecule has 1 aromatic carbocycles. The fraction of sp³-hybridized carbons (Fsp3) is 0.429. The Bertz CT molecular complexity index is 470. The highest BCUT2D eigenvalue weighted by molar-refractivity contribution is 5.92. The van der Waals surface area contributed by atoms with Crippen molar-refractivity contribution in [1.29, 1.82) is 0 Å². The molecule has 0 radical (unpaired) electrons. The molecule has 102 valence electrons. The molecule has 2 rings (SSSR count). The molecule has 1 aromatic rings. The highest BCUT2D eigenvalue weighted by atomic mass is 16.2. The van der Waals surface area contributed by atoms with Crippen LogP contribution in [0.25, 0.3) is 0 Å². The molecule has 5 nitrogen and oxygen atoms in total. The van der Waals surface area contributed by atoms with Crippen molar-refractivity contribution in [2.75, 3.05) is 13.1 Å². The second-order valence-electron chi connectivity index (χ2n) is 4.74. The molecule has 3 N–H and O–H groups in total. The maximum absolute atomic E-state index is 12.1. The first-order valence-electron chi connectivity index (χ1n) is 6.52. The van der Waals surface area contributed by atoms with Gasteiger partial charge in [0.15, 0.2) is 0 Å². The van der Waals surface area contributed by atoms with Crippen molar-refractivity contribution in [3.63, 3.8) is 0 Å². The summed E-state index contributed by atoms with van der Waals surface area (Å²) in [5.74, 6) is -0.288. The number of piperazine rings is 1. The molecule has 0 saturated carbocycles. The van der Waals surface area contributed by atoms with E-state index in [2.05, 4.69) is 5.32 Å². The standard InChI is InChI=1S/C14H19N3O2/c1-2-12-14(19)17(8-7-16-12)9-10-3-5-11(6-4-10)13(15)18/h3-6,12,16H,2,7-9H2,1H3,(H2,15,18). The molecule has 1 aliphatic heterocycles. The van der Waals surface area contributed by atoms with E-state index in [0.29, 0.717) is 18.7 Å². The molecule has 19 heavy (non-hydrogen) atoms. The third kappa shape index (κ3) is 3.12. The van der Waals surface area contributed by atoms with Gasteiger partial charge in [0.05, 0.1) is 6.04 Å². The first-order chi connectivity index (χ1) is 9.11. The molecule has 1 heterocycles. The van der Waals surface area contributed by atoms with Gasteiger partial charge in [-0.05, 0) is 24.1 Å². The van der Waals surface area contributed by atoms with E-state index in [9.17, 15) is 9.59 Å². The molecule has 0 aliphatic carbocycles. The lowest BCUT2D eigenvalue weighted by Crippen LogP contribution is -2.54. The highest BCUT2D eigenvalue weighted by Crippen LogP contribution is 2.11. The van der Waals surface area contributed by atoms with Crippen LogP contribution in [-0.2, 0) is 11.3 Å². The maximum atomic E-state index is 12.1. The minimum atomic E-state index is -0.434. The van der Waals surface area contributed by atoms with Gasteiger partial charge in [-0.1, -0.05) is 19.1 Å². The van der Waals surface area contributed by atoms with Crippen LogP contribution in [0.2, 0.25) is 0 Å². The number of carbonyl (C=O) groups is 2. The predicted octanol–water partition coefficient (Wildman–Crippen LogP) is 0.496. The van der Waals surface area contributed by atoms with E-state index in [-0.39, 0.29) is 11.9 Å². The summed E-state index contributed by atoms with van der Waals surface area (Å²) in [5, 5.41) is 3.21. The zero-order valence-electron chi connectivity index (χ0n) is 11.1. The maximum Gasteiger partial charge on any atom is 0.248 e. The van der Waals surface area contributed by atoms with Gasteiger partial charge < -0.3 is 16.0 Å². The first kappa shape index (κ1) is 13.5. The Kier molecular flexibility index (Phi) is 4.16. The quantitative estimate of drug-likeness (QED) is 0.828. The second kappa shape index (κ2) is 5.84. The third-order valence-corrected chi connectivity index (χ3v) is 3.40. The van der Waals surface area contributed by atoms with E-state index in [1.165, 1.54) is 0 Å². The fourth-order valence-electron chi connectivity index (χ4n) is 2.26. The number of hydrogen-bond donors (Lipinski definition) is 2. The average Bonchev–Trinajstić information content (AvgIpc) is 2.42. The molecule has 1 saturated heterocycles. The molecule has 2 amide bonds. The van der Waals surface area contributed by atoms with Gasteiger partial charge in [-0.25, -0.2) is 0 Å². The Balaban J connectivity index is 2.04. The molecule has 5 heteroatoms. The van der Waals surface area contributed by atoms with E-state index >= 15 is 0 Å². The number of rotatable bonds is 4. The SMILES string of the molecule is CCC1NCCN(Cc2ccc(C(N)=O)cc2)C1=O. The van der Waals surface area contributed by atoms with Crippen molar-refractivity contribution >= 4 is 11.8 Å². The molecule has 1 aliphatic rings. The number of nitrogens with one attached hydrogen (secondary N) is 1. The van der Waals surface area contributed by atoms with E-state index in [4.69, 9.17) is 5.73 Å². The van der Waals surface area contributed by atoms with Crippen LogP contribution in [0.15, 0.2) is 24.3 Å². The second-order valence-corrected chi connectivity index (χ2v) is 4.74. The van der Waals surface area contributed by atoms with Gasteiger partial charge in [0, 0.05) is 25.2 Å². The Morgan fingerprint density at radius 3 is 2.68 bits per heavy atom. The van der Waals surface area contributed by atoms with Gasteiger partial charge in [-0.15, -0.1) is 0 Å². The lowest BCUT2D eigenvalue weighted by molar-refractivity contribution is -0.136. The van der Waals surface area contributed by atoms with Crippen LogP contribution in [0, 0.1) is 0 Å². The fourth-order valence-corrected chi connectivity index (χ4v) is 2.26. The topological polar surface area (TPSA) is 75.4 Å². The molecule has 1 unspecified atom stereocenters. The molecular weight excluding hydrogens is 242 g/mol. The monoisotopic (exact) mass is 261 g/mol. The molecule has 0 bridgehead atoms. The van der Waals surface area contributed by atoms with Crippen LogP contribution in [0.5, 0.6) is 0 Å². The van der Waals surface area contributed by atoms with E-state index in [1.807, 2.05) is 24.0 Å². The van der Waals surface area contributed by atoms with E-state index in [0.717, 1.165) is 18.5 Å². The van der Waals surface area contributed by atoms with Crippen molar-refractivity contribution in [2.24, 2.45) is 5.73 Å². The summed E-state index contributed by atoms with van der Waals surface area (Å²) < 4.78 is 0. The van der Waals surface area contributed by atoms with Gasteiger partial charge in [0.25, 0.3) is 0 Å². The zero-order chi connectivity index (χ0) is 13.8. The first-order valence-corrected chi connectivity index (χ1v) is 6.52. The largest absolute Gasteiger partial charge is 0.366 e. The number of nitrogens with zero attached hydrogens (tertiary/aromatic N) is 1. The summed E-state index contributed by atoms with van der Waals surface area (Å²) in [6.45, 7) is 4.12. The Hall–Kier alpha value is -1.88. The van der Waals surface area contributed by atoms with Crippen molar-refractivity contribution in [2.45, 2.75) is 25.9 Å². The van der Waals surface area contributed by atoms with Gasteiger partial charge in [0.2, 0.25) is 11.8 Å². The van der Waals surface area contributed by atoms with Gasteiger partial charge in [-0.2, -0.15) is 0 Å². The number of nitrogens with two attached hydrogens (primary N) is 1. The lowest BCUT2D eigenvalue weighted by atomic mass is 10.1. The summed E-state index contributed by atoms with van der Waals surface area (Å²) in [6, 6.07) is 7.01. The highest BCUT2D eigenvalue weighted by Gasteiger charge is 2.26. The van der Waals surface area contributed by atoms with Gasteiger partial charge >= 0.3 is 0 Å². The molecule has 1 atom stereocenters. The van der Waals surface area contributed by atoms with Crippen molar-refractivity contribution in [3.05, 3.63) is 35.4 Å². The molecular formula is C14H19N3O2. The predicted molar refractivity (Wildman–Crippen MR) is 72.5 cm³/mol. The van der Waals surface area contributed by atoms with Crippen LogP contribution < -0.4 is 11.1 Å². The summed E-state index contributed by atoms with van der Waals surface area (Å²) in [4.78, 5) is 25.0. The molecule has 0 spiro atoms. The van der Waals surface area contributed by atoms with Crippen LogP contribution in [0.4, 0.5) is 0 Å². The Morgan fingerprint density at radius 2 is 2.11 bits per heavy atom. The number of primary amides is 1. The minimum Gasteiger partial charge on any atom is -0.366 e. The zero-order valence-corrected chi connectivity index (χ0v) is 11.1. The Labute approximate surface area is 112 Å². The summed E-state index contributed by atoms with van der Waals surface area (Å²) >= 11 is 0.